The number of imidazole rings is 1. The number of benzene rings is 3. The molecule has 0 aliphatic carbocycles. The smallest absolute Gasteiger partial charge is 0.227 e. The van der Waals surface area contributed by atoms with E-state index in [1.807, 2.05) is 23.1 Å². The second-order valence-electron chi connectivity index (χ2n) is 9.68. The van der Waals surface area contributed by atoms with Gasteiger partial charge in [-0.25, -0.2) is 4.98 Å². The lowest BCUT2D eigenvalue weighted by molar-refractivity contribution is -0.117. The van der Waals surface area contributed by atoms with E-state index in [4.69, 9.17) is 9.72 Å². The van der Waals surface area contributed by atoms with Crippen molar-refractivity contribution in [2.24, 2.45) is 0 Å². The van der Waals surface area contributed by atoms with Crippen molar-refractivity contribution >= 4 is 22.6 Å². The number of rotatable bonds is 8. The van der Waals surface area contributed by atoms with Gasteiger partial charge >= 0.3 is 0 Å². The Kier molecular flexibility index (Phi) is 6.58. The average Bonchev–Trinajstić information content (AvgIpc) is 3.41. The quantitative estimate of drug-likeness (QED) is 0.284. The number of fused-ring (bicyclic) bond motifs is 1. The summed E-state index contributed by atoms with van der Waals surface area (Å²) in [6, 6.07) is 22.8. The lowest BCUT2D eigenvalue weighted by Gasteiger charge is -2.18. The highest BCUT2D eigenvalue weighted by molar-refractivity contribution is 5.96. The van der Waals surface area contributed by atoms with E-state index in [9.17, 15) is 4.79 Å². The molecule has 180 valence electrons. The normalized spacial score (nSPS) is 15.8. The standard InChI is InChI=1S/C30H33N3O2/c1-21-10-13-25(14-11-21)33-20-24(19-29(33)34)30-31-26-8-4-5-9-27(26)32(30)16-6-7-17-35-28-15-12-22(2)18-23(28)3/h4-5,8-15,18,24H,6-7,16-17,19-20H2,1-3H3. The molecule has 5 nitrogen and oxygen atoms in total. The molecule has 1 aromatic heterocycles. The van der Waals surface area contributed by atoms with Crippen molar-refractivity contribution in [1.82, 2.24) is 9.55 Å². The Balaban J connectivity index is 1.28. The number of hydrogen-bond acceptors (Lipinski definition) is 3. The zero-order valence-corrected chi connectivity index (χ0v) is 20.8. The third-order valence-corrected chi connectivity index (χ3v) is 6.88. The Labute approximate surface area is 207 Å². The van der Waals surface area contributed by atoms with Crippen LogP contribution in [0, 0.1) is 20.8 Å². The first kappa shape index (κ1) is 23.2. The molecule has 0 bridgehead atoms. The summed E-state index contributed by atoms with van der Waals surface area (Å²) in [4.78, 5) is 19.8. The third kappa shape index (κ3) is 4.95. The van der Waals surface area contributed by atoms with E-state index in [2.05, 4.69) is 73.9 Å². The minimum absolute atomic E-state index is 0.0858. The Bertz CT molecular complexity index is 1340. The number of ether oxygens (including phenoxy) is 1. The molecular formula is C30H33N3O2. The molecule has 5 heteroatoms. The van der Waals surface area contributed by atoms with E-state index < -0.39 is 0 Å². The van der Waals surface area contributed by atoms with Gasteiger partial charge in [0.2, 0.25) is 5.91 Å². The molecule has 0 saturated carbocycles. The second-order valence-corrected chi connectivity index (χ2v) is 9.68. The van der Waals surface area contributed by atoms with Gasteiger partial charge in [0.1, 0.15) is 11.6 Å². The number of aromatic nitrogens is 2. The van der Waals surface area contributed by atoms with Crippen LogP contribution in [0.1, 0.15) is 47.7 Å². The first-order valence-electron chi connectivity index (χ1n) is 12.5. The number of hydrogen-bond donors (Lipinski definition) is 0. The van der Waals surface area contributed by atoms with Crippen LogP contribution in [0.25, 0.3) is 11.0 Å². The predicted molar refractivity (Wildman–Crippen MR) is 141 cm³/mol. The van der Waals surface area contributed by atoms with Gasteiger partial charge in [-0.15, -0.1) is 0 Å². The van der Waals surface area contributed by atoms with Crippen molar-refractivity contribution < 1.29 is 9.53 Å². The topological polar surface area (TPSA) is 47.4 Å². The summed E-state index contributed by atoms with van der Waals surface area (Å²) in [6.07, 6.45) is 2.44. The van der Waals surface area contributed by atoms with Crippen LogP contribution in [0.3, 0.4) is 0 Å². The lowest BCUT2D eigenvalue weighted by atomic mass is 10.1. The maximum atomic E-state index is 12.9. The molecule has 1 fully saturated rings. The molecule has 0 spiro atoms. The van der Waals surface area contributed by atoms with Gasteiger partial charge in [0, 0.05) is 31.1 Å². The molecule has 5 rings (SSSR count). The highest BCUT2D eigenvalue weighted by Crippen LogP contribution is 2.33. The SMILES string of the molecule is Cc1ccc(N2CC(c3nc4ccccc4n3CCCCOc3ccc(C)cc3C)CC2=O)cc1. The molecule has 1 amide bonds. The molecule has 1 aliphatic heterocycles. The number of amides is 1. The van der Waals surface area contributed by atoms with Crippen LogP contribution in [0.5, 0.6) is 5.75 Å². The molecule has 1 saturated heterocycles. The van der Waals surface area contributed by atoms with Gasteiger partial charge in [0.15, 0.2) is 0 Å². The van der Waals surface area contributed by atoms with Crippen molar-refractivity contribution in [3.63, 3.8) is 0 Å². The van der Waals surface area contributed by atoms with E-state index in [-0.39, 0.29) is 11.8 Å². The fourth-order valence-corrected chi connectivity index (χ4v) is 5.01. The Morgan fingerprint density at radius 1 is 0.943 bits per heavy atom. The van der Waals surface area contributed by atoms with Crippen molar-refractivity contribution in [2.75, 3.05) is 18.1 Å². The van der Waals surface area contributed by atoms with Gasteiger partial charge in [0.25, 0.3) is 0 Å². The molecule has 0 radical (unpaired) electrons. The van der Waals surface area contributed by atoms with Gasteiger partial charge in [0.05, 0.1) is 17.6 Å². The predicted octanol–water partition coefficient (Wildman–Crippen LogP) is 6.34. The summed E-state index contributed by atoms with van der Waals surface area (Å²) in [6.45, 7) is 8.47. The molecule has 35 heavy (non-hydrogen) atoms. The zero-order chi connectivity index (χ0) is 24.4. The molecular weight excluding hydrogens is 434 g/mol. The third-order valence-electron chi connectivity index (χ3n) is 6.88. The number of unbranched alkanes of at least 4 members (excludes halogenated alkanes) is 1. The van der Waals surface area contributed by atoms with Crippen LogP contribution in [0.4, 0.5) is 5.69 Å². The van der Waals surface area contributed by atoms with Crippen molar-refractivity contribution in [3.8, 4) is 5.75 Å². The fourth-order valence-electron chi connectivity index (χ4n) is 5.01. The van der Waals surface area contributed by atoms with Crippen molar-refractivity contribution in [2.45, 2.75) is 52.5 Å². The Morgan fingerprint density at radius 2 is 1.71 bits per heavy atom. The maximum absolute atomic E-state index is 12.9. The summed E-state index contributed by atoms with van der Waals surface area (Å²) >= 11 is 0. The van der Waals surface area contributed by atoms with Crippen LogP contribution in [0.2, 0.25) is 0 Å². The van der Waals surface area contributed by atoms with Crippen LogP contribution < -0.4 is 9.64 Å². The zero-order valence-electron chi connectivity index (χ0n) is 20.8. The summed E-state index contributed by atoms with van der Waals surface area (Å²) in [5.41, 5.74) is 6.72. The molecule has 3 aromatic carbocycles. The number of nitrogens with zero attached hydrogens (tertiary/aromatic N) is 3. The summed E-state index contributed by atoms with van der Waals surface area (Å²) < 4.78 is 8.36. The number of carbonyl (C=O) groups excluding carboxylic acids is 1. The summed E-state index contributed by atoms with van der Waals surface area (Å²) in [5, 5.41) is 0. The molecule has 0 N–H and O–H groups in total. The Hall–Kier alpha value is -3.60. The highest BCUT2D eigenvalue weighted by atomic mass is 16.5. The van der Waals surface area contributed by atoms with E-state index in [0.29, 0.717) is 19.6 Å². The number of carbonyl (C=O) groups is 1. The highest BCUT2D eigenvalue weighted by Gasteiger charge is 2.34. The number of anilines is 1. The summed E-state index contributed by atoms with van der Waals surface area (Å²) in [5.74, 6) is 2.23. The minimum Gasteiger partial charge on any atom is -0.493 e. The fraction of sp³-hybridized carbons (Fsp3) is 0.333. The van der Waals surface area contributed by atoms with Crippen molar-refractivity contribution in [1.29, 1.82) is 0 Å². The minimum atomic E-state index is 0.0858. The van der Waals surface area contributed by atoms with Gasteiger partial charge in [-0.3, -0.25) is 4.79 Å². The Morgan fingerprint density at radius 3 is 2.51 bits per heavy atom. The second kappa shape index (κ2) is 9.95. The van der Waals surface area contributed by atoms with E-state index >= 15 is 0 Å². The van der Waals surface area contributed by atoms with Crippen LogP contribution in [0.15, 0.2) is 66.7 Å². The van der Waals surface area contributed by atoms with E-state index in [1.54, 1.807) is 0 Å². The number of para-hydroxylation sites is 2. The van der Waals surface area contributed by atoms with Gasteiger partial charge in [-0.1, -0.05) is 47.5 Å². The average molecular weight is 468 g/mol. The summed E-state index contributed by atoms with van der Waals surface area (Å²) in [7, 11) is 0. The first-order valence-corrected chi connectivity index (χ1v) is 12.5. The van der Waals surface area contributed by atoms with Gasteiger partial charge < -0.3 is 14.2 Å². The molecule has 1 atom stereocenters. The van der Waals surface area contributed by atoms with Gasteiger partial charge in [-0.05, 0) is 69.5 Å². The molecule has 4 aromatic rings. The first-order chi connectivity index (χ1) is 17.0. The van der Waals surface area contributed by atoms with E-state index in [1.165, 1.54) is 16.7 Å². The largest absolute Gasteiger partial charge is 0.493 e. The number of aryl methyl sites for hydroxylation is 4. The monoisotopic (exact) mass is 467 g/mol. The molecule has 1 unspecified atom stereocenters. The van der Waals surface area contributed by atoms with E-state index in [0.717, 1.165) is 47.7 Å². The van der Waals surface area contributed by atoms with Crippen LogP contribution >= 0.6 is 0 Å². The molecule has 2 heterocycles. The lowest BCUT2D eigenvalue weighted by Crippen LogP contribution is -2.24. The maximum Gasteiger partial charge on any atom is 0.227 e. The molecule has 1 aliphatic rings. The van der Waals surface area contributed by atoms with Gasteiger partial charge in [-0.2, -0.15) is 0 Å². The van der Waals surface area contributed by atoms with Crippen molar-refractivity contribution in [3.05, 3.63) is 89.2 Å². The van der Waals surface area contributed by atoms with Crippen LogP contribution in [-0.2, 0) is 11.3 Å². The van der Waals surface area contributed by atoms with Crippen LogP contribution in [-0.4, -0.2) is 28.6 Å².